The maximum Gasteiger partial charge on any atom is 0.310 e. The zero-order valence-electron chi connectivity index (χ0n) is 13.2. The highest BCUT2D eigenvalue weighted by Crippen LogP contribution is 2.43. The van der Waals surface area contributed by atoms with Gasteiger partial charge in [-0.15, -0.1) is 0 Å². The Labute approximate surface area is 135 Å². The number of halogens is 1. The molecular weight excluding hydrogens is 332 g/mol. The summed E-state index contributed by atoms with van der Waals surface area (Å²) in [6.45, 7) is 7.07. The van der Waals surface area contributed by atoms with Gasteiger partial charge in [0.2, 0.25) is 0 Å². The molecule has 21 heavy (non-hydrogen) atoms. The number of aromatic nitrogens is 2. The molecule has 1 heterocycles. The summed E-state index contributed by atoms with van der Waals surface area (Å²) in [7, 11) is 0. The second-order valence-corrected chi connectivity index (χ2v) is 7.13. The predicted molar refractivity (Wildman–Crippen MR) is 86.4 cm³/mol. The summed E-state index contributed by atoms with van der Waals surface area (Å²) in [6.07, 6.45) is 5.13. The minimum absolute atomic E-state index is 0.484. The monoisotopic (exact) mass is 356 g/mol. The lowest BCUT2D eigenvalue weighted by Gasteiger charge is -2.36. The minimum atomic E-state index is -0.650. The van der Waals surface area contributed by atoms with Crippen molar-refractivity contribution in [2.24, 2.45) is 11.3 Å². The first-order valence-electron chi connectivity index (χ1n) is 7.91. The topological polar surface area (TPSA) is 55.1 Å². The van der Waals surface area contributed by atoms with E-state index in [0.29, 0.717) is 12.3 Å². The van der Waals surface area contributed by atoms with Gasteiger partial charge in [0.1, 0.15) is 0 Å². The molecule has 0 amide bonds. The number of carboxylic acid groups (broad SMARTS) is 1. The quantitative estimate of drug-likeness (QED) is 0.865. The van der Waals surface area contributed by atoms with Crippen molar-refractivity contribution in [3.05, 3.63) is 15.9 Å². The van der Waals surface area contributed by atoms with Crippen LogP contribution in [0.3, 0.4) is 0 Å². The third kappa shape index (κ3) is 3.17. The maximum absolute atomic E-state index is 12.0. The minimum Gasteiger partial charge on any atom is -0.481 e. The van der Waals surface area contributed by atoms with Crippen LogP contribution in [-0.2, 0) is 24.2 Å². The second-order valence-electron chi connectivity index (χ2n) is 6.34. The molecule has 0 radical (unpaired) electrons. The second kappa shape index (κ2) is 6.51. The zero-order valence-corrected chi connectivity index (χ0v) is 14.7. The molecular formula is C16H25BrN2O2. The number of aryl methyl sites for hydroxylation is 2. The smallest absolute Gasteiger partial charge is 0.310 e. The Bertz CT molecular complexity index is 527. The zero-order chi connectivity index (χ0) is 15.6. The van der Waals surface area contributed by atoms with Gasteiger partial charge in [-0.1, -0.05) is 26.7 Å². The van der Waals surface area contributed by atoms with Crippen molar-refractivity contribution in [2.45, 2.75) is 65.8 Å². The van der Waals surface area contributed by atoms with Crippen LogP contribution in [0.1, 0.15) is 57.8 Å². The van der Waals surface area contributed by atoms with Crippen molar-refractivity contribution >= 4 is 21.9 Å². The molecule has 5 heteroatoms. The first-order chi connectivity index (χ1) is 9.93. The average Bonchev–Trinajstić information content (AvgIpc) is 2.75. The molecule has 1 fully saturated rings. The van der Waals surface area contributed by atoms with E-state index in [4.69, 9.17) is 0 Å². The van der Waals surface area contributed by atoms with E-state index in [1.54, 1.807) is 0 Å². The van der Waals surface area contributed by atoms with E-state index < -0.39 is 11.4 Å². The Morgan fingerprint density at radius 1 is 1.52 bits per heavy atom. The van der Waals surface area contributed by atoms with Crippen molar-refractivity contribution in [3.63, 3.8) is 0 Å². The predicted octanol–water partition coefficient (Wildman–Crippen LogP) is 4.05. The molecule has 0 spiro atoms. The number of hydrogen-bond donors (Lipinski definition) is 1. The highest BCUT2D eigenvalue weighted by atomic mass is 79.9. The molecule has 1 saturated carbocycles. The van der Waals surface area contributed by atoms with Crippen LogP contribution < -0.4 is 0 Å². The molecule has 1 aliphatic carbocycles. The third-order valence-corrected chi connectivity index (χ3v) is 5.66. The number of rotatable bonds is 5. The number of aliphatic carboxylic acids is 1. The van der Waals surface area contributed by atoms with E-state index in [9.17, 15) is 9.90 Å². The van der Waals surface area contributed by atoms with Crippen molar-refractivity contribution in [1.29, 1.82) is 0 Å². The summed E-state index contributed by atoms with van der Waals surface area (Å²) in [4.78, 5) is 12.0. The maximum atomic E-state index is 12.0. The summed E-state index contributed by atoms with van der Waals surface area (Å²) in [5.74, 6) is -0.167. The van der Waals surface area contributed by atoms with E-state index in [2.05, 4.69) is 41.8 Å². The number of carbonyl (C=O) groups is 1. The van der Waals surface area contributed by atoms with E-state index in [0.717, 1.165) is 54.5 Å². The van der Waals surface area contributed by atoms with Crippen LogP contribution in [0.15, 0.2) is 4.47 Å². The van der Waals surface area contributed by atoms with Gasteiger partial charge in [0.25, 0.3) is 0 Å². The van der Waals surface area contributed by atoms with E-state index in [1.807, 2.05) is 4.68 Å². The molecule has 2 atom stereocenters. The Kier molecular flexibility index (Phi) is 5.12. The van der Waals surface area contributed by atoms with Gasteiger partial charge in [-0.25, -0.2) is 0 Å². The lowest BCUT2D eigenvalue weighted by Crippen LogP contribution is -2.38. The van der Waals surface area contributed by atoms with Gasteiger partial charge in [0.05, 0.1) is 21.3 Å². The number of nitrogens with zero attached hydrogens (tertiary/aromatic N) is 2. The van der Waals surface area contributed by atoms with E-state index in [-0.39, 0.29) is 0 Å². The normalized spacial score (nSPS) is 26.0. The first-order valence-corrected chi connectivity index (χ1v) is 8.70. The first kappa shape index (κ1) is 16.5. The van der Waals surface area contributed by atoms with E-state index >= 15 is 0 Å². The standard InChI is InChI=1S/C16H25BrN2O2/c1-4-12-14(17)13(19(5-2)18-12)10-16(15(20)21)8-6-7-11(3)9-16/h11H,4-10H2,1-3H3,(H,20,21). The Hall–Kier alpha value is -0.840. The van der Waals surface area contributed by atoms with E-state index in [1.165, 1.54) is 0 Å². The van der Waals surface area contributed by atoms with Crippen LogP contribution in [0.25, 0.3) is 0 Å². The number of carboxylic acids is 1. The van der Waals surface area contributed by atoms with Gasteiger partial charge in [-0.05, 0) is 48.0 Å². The Morgan fingerprint density at radius 2 is 2.24 bits per heavy atom. The fourth-order valence-corrected chi connectivity index (χ4v) is 4.30. The average molecular weight is 357 g/mol. The highest BCUT2D eigenvalue weighted by Gasteiger charge is 2.43. The molecule has 0 aliphatic heterocycles. The molecule has 2 unspecified atom stereocenters. The molecule has 1 aromatic heterocycles. The summed E-state index contributed by atoms with van der Waals surface area (Å²) in [5, 5.41) is 14.4. The Morgan fingerprint density at radius 3 is 2.76 bits per heavy atom. The van der Waals surface area contributed by atoms with Crippen LogP contribution in [0.5, 0.6) is 0 Å². The SMILES string of the molecule is CCc1nn(CC)c(CC2(C(=O)O)CCCC(C)C2)c1Br. The van der Waals surface area contributed by atoms with Crippen molar-refractivity contribution < 1.29 is 9.90 Å². The Balaban J connectivity index is 2.37. The summed E-state index contributed by atoms with van der Waals surface area (Å²) >= 11 is 3.64. The van der Waals surface area contributed by atoms with Crippen LogP contribution in [-0.4, -0.2) is 20.9 Å². The lowest BCUT2D eigenvalue weighted by atomic mass is 9.67. The van der Waals surface area contributed by atoms with Gasteiger partial charge in [0, 0.05) is 13.0 Å². The van der Waals surface area contributed by atoms with Crippen LogP contribution in [0, 0.1) is 11.3 Å². The molecule has 0 saturated heterocycles. The molecule has 2 rings (SSSR count). The third-order valence-electron chi connectivity index (χ3n) is 4.75. The van der Waals surface area contributed by atoms with Gasteiger partial charge in [-0.2, -0.15) is 5.10 Å². The molecule has 0 bridgehead atoms. The number of hydrogen-bond acceptors (Lipinski definition) is 2. The van der Waals surface area contributed by atoms with Gasteiger partial charge in [0.15, 0.2) is 0 Å². The summed E-state index contributed by atoms with van der Waals surface area (Å²) in [6, 6.07) is 0. The van der Waals surface area contributed by atoms with Crippen LogP contribution in [0.2, 0.25) is 0 Å². The summed E-state index contributed by atoms with van der Waals surface area (Å²) < 4.78 is 2.97. The largest absolute Gasteiger partial charge is 0.481 e. The summed E-state index contributed by atoms with van der Waals surface area (Å²) in [5.41, 5.74) is 1.44. The molecule has 1 aliphatic rings. The van der Waals surface area contributed by atoms with Gasteiger partial charge in [-0.3, -0.25) is 9.48 Å². The fourth-order valence-electron chi connectivity index (χ4n) is 3.60. The molecule has 1 aromatic rings. The van der Waals surface area contributed by atoms with Crippen molar-refractivity contribution in [2.75, 3.05) is 0 Å². The molecule has 1 N–H and O–H groups in total. The molecule has 4 nitrogen and oxygen atoms in total. The molecule has 0 aromatic carbocycles. The fraction of sp³-hybridized carbons (Fsp3) is 0.750. The van der Waals surface area contributed by atoms with Gasteiger partial charge < -0.3 is 5.11 Å². The van der Waals surface area contributed by atoms with Crippen molar-refractivity contribution in [3.8, 4) is 0 Å². The van der Waals surface area contributed by atoms with Crippen LogP contribution >= 0.6 is 15.9 Å². The molecule has 118 valence electrons. The highest BCUT2D eigenvalue weighted by molar-refractivity contribution is 9.10. The van der Waals surface area contributed by atoms with Crippen LogP contribution in [0.4, 0.5) is 0 Å². The van der Waals surface area contributed by atoms with Gasteiger partial charge >= 0.3 is 5.97 Å². The lowest BCUT2D eigenvalue weighted by molar-refractivity contribution is -0.152. The van der Waals surface area contributed by atoms with Crippen molar-refractivity contribution in [1.82, 2.24) is 9.78 Å².